The molecule has 6 heteroatoms. The molecule has 0 unspecified atom stereocenters. The summed E-state index contributed by atoms with van der Waals surface area (Å²) in [6.07, 6.45) is 4.74. The topological polar surface area (TPSA) is 77.5 Å². The summed E-state index contributed by atoms with van der Waals surface area (Å²) < 4.78 is 24.7. The minimum atomic E-state index is -3.53. The van der Waals surface area contributed by atoms with E-state index >= 15 is 0 Å². The van der Waals surface area contributed by atoms with Gasteiger partial charge < -0.3 is 4.57 Å². The van der Waals surface area contributed by atoms with Gasteiger partial charge in [0.1, 0.15) is 0 Å². The Bertz CT molecular complexity index is 1010. The maximum Gasteiger partial charge on any atom is 0.213 e. The highest BCUT2D eigenvalue weighted by Gasteiger charge is 2.10. The average Bonchev–Trinajstić information content (AvgIpc) is 2.87. The Labute approximate surface area is 147 Å². The lowest BCUT2D eigenvalue weighted by atomic mass is 10.1. The van der Waals surface area contributed by atoms with Crippen molar-refractivity contribution in [2.24, 2.45) is 17.2 Å². The smallest absolute Gasteiger partial charge is 0.213 e. The Kier molecular flexibility index (Phi) is 5.01. The molecule has 3 aromatic rings. The van der Waals surface area contributed by atoms with Gasteiger partial charge in [-0.05, 0) is 35.2 Å². The number of benzene rings is 2. The van der Waals surface area contributed by atoms with E-state index in [1.165, 1.54) is 0 Å². The average molecular weight is 355 g/mol. The Morgan fingerprint density at radius 3 is 2.64 bits per heavy atom. The molecule has 2 N–H and O–H groups in total. The third-order valence-electron chi connectivity index (χ3n) is 4.05. The number of primary sulfonamides is 1. The number of sulfonamides is 1. The predicted molar refractivity (Wildman–Crippen MR) is 102 cm³/mol. The van der Waals surface area contributed by atoms with Gasteiger partial charge in [0.05, 0.1) is 5.75 Å². The number of rotatable bonds is 6. The van der Waals surface area contributed by atoms with Gasteiger partial charge in [0.25, 0.3) is 0 Å². The molecule has 0 atom stereocenters. The van der Waals surface area contributed by atoms with Gasteiger partial charge in [-0.1, -0.05) is 36.4 Å². The number of aliphatic imine (C=N–C) groups is 1. The second kappa shape index (κ2) is 7.21. The monoisotopic (exact) mass is 355 g/mol. The zero-order chi connectivity index (χ0) is 17.9. The van der Waals surface area contributed by atoms with Crippen molar-refractivity contribution in [1.29, 1.82) is 0 Å². The Hall–Kier alpha value is -2.44. The van der Waals surface area contributed by atoms with Crippen LogP contribution < -0.4 is 5.14 Å². The molecule has 0 aliphatic carbocycles. The number of nitrogens with zero attached hydrogens (tertiary/aromatic N) is 2. The maximum atomic E-state index is 11.3. The van der Waals surface area contributed by atoms with Crippen LogP contribution in [-0.2, 0) is 29.2 Å². The van der Waals surface area contributed by atoms with E-state index in [0.29, 0.717) is 12.1 Å². The summed E-state index contributed by atoms with van der Waals surface area (Å²) in [5, 5.41) is 6.21. The SMILES string of the molecule is Cn1cc(CCN=Cc2ccccc2)c2cc(CS(N)(=O)=O)ccc21. The summed E-state index contributed by atoms with van der Waals surface area (Å²) >= 11 is 0. The number of aryl methyl sites for hydroxylation is 1. The molecule has 0 amide bonds. The summed E-state index contributed by atoms with van der Waals surface area (Å²) in [5.74, 6) is -0.149. The molecule has 0 radical (unpaired) electrons. The first-order chi connectivity index (χ1) is 11.9. The molecule has 3 rings (SSSR count). The van der Waals surface area contributed by atoms with Crippen molar-refractivity contribution in [3.8, 4) is 0 Å². The van der Waals surface area contributed by atoms with Gasteiger partial charge in [-0.3, -0.25) is 4.99 Å². The van der Waals surface area contributed by atoms with Crippen molar-refractivity contribution in [1.82, 2.24) is 4.57 Å². The summed E-state index contributed by atoms with van der Waals surface area (Å²) in [4.78, 5) is 4.48. The lowest BCUT2D eigenvalue weighted by Crippen LogP contribution is -2.14. The molecule has 1 aromatic heterocycles. The third-order valence-corrected chi connectivity index (χ3v) is 4.79. The molecule has 0 saturated carbocycles. The molecule has 1 heterocycles. The van der Waals surface area contributed by atoms with Crippen molar-refractivity contribution in [2.75, 3.05) is 6.54 Å². The van der Waals surface area contributed by atoms with Gasteiger partial charge in [-0.2, -0.15) is 0 Å². The minimum absolute atomic E-state index is 0.149. The van der Waals surface area contributed by atoms with Crippen LogP contribution >= 0.6 is 0 Å². The molecule has 0 spiro atoms. The number of hydrogen-bond donors (Lipinski definition) is 1. The Morgan fingerprint density at radius 1 is 1.16 bits per heavy atom. The van der Waals surface area contributed by atoms with E-state index in [2.05, 4.69) is 11.2 Å². The number of hydrogen-bond acceptors (Lipinski definition) is 3. The first kappa shape index (κ1) is 17.4. The largest absolute Gasteiger partial charge is 0.350 e. The maximum absolute atomic E-state index is 11.3. The zero-order valence-electron chi connectivity index (χ0n) is 14.1. The normalized spacial score (nSPS) is 12.2. The number of fused-ring (bicyclic) bond motifs is 1. The summed E-state index contributed by atoms with van der Waals surface area (Å²) in [6, 6.07) is 15.6. The summed E-state index contributed by atoms with van der Waals surface area (Å²) in [6.45, 7) is 0.674. The molecule has 0 aliphatic heterocycles. The number of aromatic nitrogens is 1. The molecule has 5 nitrogen and oxygen atoms in total. The predicted octanol–water partition coefficient (Wildman–Crippen LogP) is 2.63. The van der Waals surface area contributed by atoms with E-state index in [1.807, 2.05) is 66.4 Å². The molecular formula is C19H21N3O2S. The van der Waals surface area contributed by atoms with Gasteiger partial charge in [-0.15, -0.1) is 0 Å². The molecule has 25 heavy (non-hydrogen) atoms. The van der Waals surface area contributed by atoms with Gasteiger partial charge in [0, 0.05) is 36.9 Å². The Morgan fingerprint density at radius 2 is 1.92 bits per heavy atom. The van der Waals surface area contributed by atoms with Crippen LogP contribution in [0.15, 0.2) is 59.7 Å². The molecule has 0 bridgehead atoms. The van der Waals surface area contributed by atoms with E-state index in [9.17, 15) is 8.42 Å². The molecule has 0 aliphatic rings. The van der Waals surface area contributed by atoms with E-state index in [1.54, 1.807) is 0 Å². The van der Waals surface area contributed by atoms with Crippen LogP contribution in [0.1, 0.15) is 16.7 Å². The fourth-order valence-corrected chi connectivity index (χ4v) is 3.58. The van der Waals surface area contributed by atoms with E-state index < -0.39 is 10.0 Å². The first-order valence-corrected chi connectivity index (χ1v) is 9.76. The van der Waals surface area contributed by atoms with E-state index in [4.69, 9.17) is 5.14 Å². The molecule has 2 aromatic carbocycles. The first-order valence-electron chi connectivity index (χ1n) is 8.04. The highest BCUT2D eigenvalue weighted by Crippen LogP contribution is 2.23. The van der Waals surface area contributed by atoms with Crippen LogP contribution in [0.4, 0.5) is 0 Å². The fourth-order valence-electron chi connectivity index (χ4n) is 2.94. The van der Waals surface area contributed by atoms with Gasteiger partial charge in [0.15, 0.2) is 0 Å². The zero-order valence-corrected chi connectivity index (χ0v) is 14.9. The van der Waals surface area contributed by atoms with Crippen LogP contribution in [-0.4, -0.2) is 25.7 Å². The second-order valence-electron chi connectivity index (χ2n) is 6.12. The van der Waals surface area contributed by atoms with E-state index in [-0.39, 0.29) is 5.75 Å². The number of nitrogens with two attached hydrogens (primary N) is 1. The quantitative estimate of drug-likeness (QED) is 0.690. The van der Waals surface area contributed by atoms with Crippen LogP contribution in [0, 0.1) is 0 Å². The highest BCUT2D eigenvalue weighted by molar-refractivity contribution is 7.88. The van der Waals surface area contributed by atoms with Crippen molar-refractivity contribution in [3.63, 3.8) is 0 Å². The fraction of sp³-hybridized carbons (Fsp3) is 0.211. The molecule has 0 fully saturated rings. The van der Waals surface area contributed by atoms with E-state index in [0.717, 1.165) is 28.5 Å². The molecule has 130 valence electrons. The second-order valence-corrected chi connectivity index (χ2v) is 7.73. The van der Waals surface area contributed by atoms with Crippen LogP contribution in [0.5, 0.6) is 0 Å². The van der Waals surface area contributed by atoms with Gasteiger partial charge in [0.2, 0.25) is 10.0 Å². The van der Waals surface area contributed by atoms with Crippen molar-refractivity contribution >= 4 is 27.1 Å². The van der Waals surface area contributed by atoms with Gasteiger partial charge in [-0.25, -0.2) is 13.6 Å². The van der Waals surface area contributed by atoms with Crippen molar-refractivity contribution in [2.45, 2.75) is 12.2 Å². The van der Waals surface area contributed by atoms with Gasteiger partial charge >= 0.3 is 0 Å². The standard InChI is InChI=1S/C19H21N3O2S/c1-22-13-17(9-10-21-12-15-5-3-2-4-6-15)18-11-16(7-8-19(18)22)14-25(20,23)24/h2-8,11-13H,9-10,14H2,1H3,(H2,20,23,24). The lowest BCUT2D eigenvalue weighted by Gasteiger charge is -2.02. The molecular weight excluding hydrogens is 334 g/mol. The van der Waals surface area contributed by atoms with Crippen molar-refractivity contribution < 1.29 is 8.42 Å². The Balaban J connectivity index is 1.78. The van der Waals surface area contributed by atoms with Crippen LogP contribution in [0.25, 0.3) is 10.9 Å². The molecule has 0 saturated heterocycles. The summed E-state index contributed by atoms with van der Waals surface area (Å²) in [7, 11) is -1.55. The van der Waals surface area contributed by atoms with Crippen LogP contribution in [0.2, 0.25) is 0 Å². The lowest BCUT2D eigenvalue weighted by molar-refractivity contribution is 0.597. The van der Waals surface area contributed by atoms with Crippen molar-refractivity contribution in [3.05, 3.63) is 71.4 Å². The highest BCUT2D eigenvalue weighted by atomic mass is 32.2. The minimum Gasteiger partial charge on any atom is -0.350 e. The third kappa shape index (κ3) is 4.55. The summed E-state index contributed by atoms with van der Waals surface area (Å²) in [5.41, 5.74) is 4.00. The van der Waals surface area contributed by atoms with Crippen LogP contribution in [0.3, 0.4) is 0 Å².